The first-order chi connectivity index (χ1) is 13.9. The summed E-state index contributed by atoms with van der Waals surface area (Å²) in [5.41, 5.74) is 1.69. The minimum Gasteiger partial charge on any atom is -0.325 e. The van der Waals surface area contributed by atoms with Crippen molar-refractivity contribution in [3.8, 4) is 11.4 Å². The molecule has 2 heterocycles. The lowest BCUT2D eigenvalue weighted by Crippen LogP contribution is -2.14. The summed E-state index contributed by atoms with van der Waals surface area (Å²) in [5, 5.41) is 15.3. The van der Waals surface area contributed by atoms with Crippen LogP contribution in [0.5, 0.6) is 0 Å². The van der Waals surface area contributed by atoms with Crippen molar-refractivity contribution in [2.75, 3.05) is 11.1 Å². The molecule has 0 spiro atoms. The van der Waals surface area contributed by atoms with E-state index >= 15 is 0 Å². The summed E-state index contributed by atoms with van der Waals surface area (Å²) in [6.45, 7) is 7.27. The van der Waals surface area contributed by atoms with Crippen molar-refractivity contribution >= 4 is 57.9 Å². The van der Waals surface area contributed by atoms with Crippen molar-refractivity contribution in [1.29, 1.82) is 0 Å². The first-order valence-electron chi connectivity index (χ1n) is 9.28. The van der Waals surface area contributed by atoms with Crippen molar-refractivity contribution in [3.05, 3.63) is 44.6 Å². The van der Waals surface area contributed by atoms with Gasteiger partial charge in [-0.05, 0) is 36.6 Å². The second kappa shape index (κ2) is 9.98. The number of hydrogen-bond acceptors (Lipinski definition) is 5. The normalized spacial score (nSPS) is 11.2. The highest BCUT2D eigenvalue weighted by Crippen LogP contribution is 2.31. The van der Waals surface area contributed by atoms with Gasteiger partial charge in [0.1, 0.15) is 0 Å². The van der Waals surface area contributed by atoms with Gasteiger partial charge in [0, 0.05) is 28.1 Å². The van der Waals surface area contributed by atoms with Crippen LogP contribution in [-0.4, -0.2) is 26.4 Å². The molecule has 0 radical (unpaired) electrons. The Morgan fingerprint density at radius 3 is 2.69 bits per heavy atom. The molecule has 1 aromatic carbocycles. The van der Waals surface area contributed by atoms with Crippen molar-refractivity contribution < 1.29 is 4.79 Å². The van der Waals surface area contributed by atoms with Crippen molar-refractivity contribution in [2.24, 2.45) is 0 Å². The summed E-state index contributed by atoms with van der Waals surface area (Å²) < 4.78 is 2.09. The zero-order chi connectivity index (χ0) is 21.0. The number of thioether (sulfide) groups is 1. The Kier molecular flexibility index (Phi) is 7.62. The monoisotopic (exact) mass is 468 g/mol. The summed E-state index contributed by atoms with van der Waals surface area (Å²) in [6, 6.07) is 7.18. The van der Waals surface area contributed by atoms with E-state index < -0.39 is 0 Å². The third kappa shape index (κ3) is 5.54. The Hall–Kier alpha value is -1.54. The fourth-order valence-corrected chi connectivity index (χ4v) is 4.67. The summed E-state index contributed by atoms with van der Waals surface area (Å²) >= 11 is 15.0. The van der Waals surface area contributed by atoms with Gasteiger partial charge in [0.05, 0.1) is 15.8 Å². The quantitative estimate of drug-likeness (QED) is 0.379. The van der Waals surface area contributed by atoms with Crippen LogP contribution in [0.3, 0.4) is 0 Å². The minimum absolute atomic E-state index is 0.140. The van der Waals surface area contributed by atoms with Crippen LogP contribution in [-0.2, 0) is 11.3 Å². The van der Waals surface area contributed by atoms with Gasteiger partial charge in [-0.1, -0.05) is 55.7 Å². The van der Waals surface area contributed by atoms with Gasteiger partial charge < -0.3 is 9.88 Å². The number of benzene rings is 1. The summed E-state index contributed by atoms with van der Waals surface area (Å²) in [7, 11) is 0. The highest BCUT2D eigenvalue weighted by atomic mass is 35.5. The maximum Gasteiger partial charge on any atom is 0.234 e. The van der Waals surface area contributed by atoms with Crippen LogP contribution >= 0.6 is 46.3 Å². The molecule has 0 aliphatic heterocycles. The lowest BCUT2D eigenvalue weighted by molar-refractivity contribution is -0.113. The van der Waals surface area contributed by atoms with Gasteiger partial charge >= 0.3 is 0 Å². The fourth-order valence-electron chi connectivity index (χ4n) is 2.71. The van der Waals surface area contributed by atoms with Crippen molar-refractivity contribution in [2.45, 2.75) is 44.8 Å². The molecular formula is C20H22Cl2N4OS2. The molecule has 154 valence electrons. The minimum atomic E-state index is -0.140. The molecule has 0 atom stereocenters. The summed E-state index contributed by atoms with van der Waals surface area (Å²) in [6.07, 6.45) is 0.954. The average Bonchev–Trinajstić information content (AvgIpc) is 3.31. The second-order valence-electron chi connectivity index (χ2n) is 6.82. The van der Waals surface area contributed by atoms with Crippen LogP contribution in [0.1, 0.15) is 38.0 Å². The van der Waals surface area contributed by atoms with Crippen molar-refractivity contribution in [3.63, 3.8) is 0 Å². The maximum absolute atomic E-state index is 12.3. The van der Waals surface area contributed by atoms with E-state index in [4.69, 9.17) is 23.2 Å². The lowest BCUT2D eigenvalue weighted by atomic mass is 10.1. The number of amides is 1. The van der Waals surface area contributed by atoms with E-state index in [-0.39, 0.29) is 11.7 Å². The number of halogens is 2. The Morgan fingerprint density at radius 1 is 1.24 bits per heavy atom. The maximum atomic E-state index is 12.3. The Bertz CT molecular complexity index is 1000. The standard InChI is InChI=1S/C20H22Cl2N4OS2/c1-4-7-26-19(13-8-17(12(2)3)28-10-13)24-25-20(26)29-11-18(27)23-14-5-6-15(21)16(22)9-14/h5-6,8-10,12H,4,7,11H2,1-3H3,(H,23,27). The Morgan fingerprint density at radius 2 is 2.03 bits per heavy atom. The van der Waals surface area contributed by atoms with Gasteiger partial charge in [0.15, 0.2) is 11.0 Å². The molecule has 0 aliphatic carbocycles. The van der Waals surface area contributed by atoms with Gasteiger partial charge in [-0.3, -0.25) is 4.79 Å². The summed E-state index contributed by atoms with van der Waals surface area (Å²) in [4.78, 5) is 13.7. The van der Waals surface area contributed by atoms with Gasteiger partial charge in [-0.2, -0.15) is 0 Å². The molecule has 1 amide bonds. The van der Waals surface area contributed by atoms with Crippen LogP contribution in [0.4, 0.5) is 5.69 Å². The van der Waals surface area contributed by atoms with E-state index in [1.54, 1.807) is 29.5 Å². The van der Waals surface area contributed by atoms with Crippen LogP contribution < -0.4 is 5.32 Å². The number of carbonyl (C=O) groups is 1. The van der Waals surface area contributed by atoms with Gasteiger partial charge in [0.2, 0.25) is 5.91 Å². The Labute approximate surface area is 188 Å². The first-order valence-corrected chi connectivity index (χ1v) is 11.9. The van der Waals surface area contributed by atoms with Crippen LogP contribution in [0.2, 0.25) is 10.0 Å². The number of aromatic nitrogens is 3. The molecule has 5 nitrogen and oxygen atoms in total. The van der Waals surface area contributed by atoms with Crippen molar-refractivity contribution in [1.82, 2.24) is 14.8 Å². The van der Waals surface area contributed by atoms with E-state index in [1.165, 1.54) is 16.6 Å². The predicted octanol–water partition coefficient (Wildman–Crippen LogP) is 6.58. The molecule has 3 aromatic rings. The number of rotatable bonds is 8. The molecule has 0 unspecified atom stereocenters. The van der Waals surface area contributed by atoms with E-state index in [0.29, 0.717) is 21.7 Å². The number of thiophene rings is 1. The zero-order valence-corrected chi connectivity index (χ0v) is 19.6. The van der Waals surface area contributed by atoms with E-state index in [2.05, 4.69) is 52.3 Å². The number of nitrogens with one attached hydrogen (secondary N) is 1. The molecule has 0 saturated heterocycles. The SMILES string of the molecule is CCCn1c(SCC(=O)Nc2ccc(Cl)c(Cl)c2)nnc1-c1csc(C(C)C)c1. The molecule has 29 heavy (non-hydrogen) atoms. The molecule has 1 N–H and O–H groups in total. The third-order valence-electron chi connectivity index (χ3n) is 4.15. The topological polar surface area (TPSA) is 59.8 Å². The fraction of sp³-hybridized carbons (Fsp3) is 0.350. The largest absolute Gasteiger partial charge is 0.325 e. The molecule has 0 aliphatic rings. The predicted molar refractivity (Wildman–Crippen MR) is 124 cm³/mol. The highest BCUT2D eigenvalue weighted by molar-refractivity contribution is 7.99. The zero-order valence-electron chi connectivity index (χ0n) is 16.4. The number of nitrogens with zero attached hydrogens (tertiary/aromatic N) is 3. The molecule has 2 aromatic heterocycles. The lowest BCUT2D eigenvalue weighted by Gasteiger charge is -2.09. The number of carbonyl (C=O) groups excluding carboxylic acids is 1. The second-order valence-corrected chi connectivity index (χ2v) is 9.52. The molecule has 3 rings (SSSR count). The molecule has 0 saturated carbocycles. The average molecular weight is 469 g/mol. The van der Waals surface area contributed by atoms with Gasteiger partial charge in [0.25, 0.3) is 0 Å². The summed E-state index contributed by atoms with van der Waals surface area (Å²) in [5.74, 6) is 1.42. The van der Waals surface area contributed by atoms with E-state index in [0.717, 1.165) is 29.5 Å². The number of anilines is 1. The van der Waals surface area contributed by atoms with Gasteiger partial charge in [-0.15, -0.1) is 21.5 Å². The van der Waals surface area contributed by atoms with Crippen LogP contribution in [0.15, 0.2) is 34.8 Å². The van der Waals surface area contributed by atoms with Crippen LogP contribution in [0.25, 0.3) is 11.4 Å². The van der Waals surface area contributed by atoms with Gasteiger partial charge in [-0.25, -0.2) is 0 Å². The van der Waals surface area contributed by atoms with Crippen LogP contribution in [0, 0.1) is 0 Å². The van der Waals surface area contributed by atoms with E-state index in [9.17, 15) is 4.79 Å². The molecule has 0 bridgehead atoms. The first kappa shape index (κ1) is 22.2. The smallest absolute Gasteiger partial charge is 0.234 e. The molecular weight excluding hydrogens is 447 g/mol. The number of hydrogen-bond donors (Lipinski definition) is 1. The van der Waals surface area contributed by atoms with E-state index in [1.807, 2.05) is 0 Å². The Balaban J connectivity index is 1.70. The third-order valence-corrected chi connectivity index (χ3v) is 7.09. The molecule has 9 heteroatoms. The highest BCUT2D eigenvalue weighted by Gasteiger charge is 2.17. The molecule has 0 fully saturated rings.